The number of alkyl halides is 3. The Morgan fingerprint density at radius 3 is 2.45 bits per heavy atom. The van der Waals surface area contributed by atoms with Crippen LogP contribution in [-0.4, -0.2) is 21.8 Å². The van der Waals surface area contributed by atoms with Crippen molar-refractivity contribution in [2.45, 2.75) is 26.6 Å². The minimum Gasteiger partial charge on any atom is -0.316 e. The van der Waals surface area contributed by atoms with Gasteiger partial charge in [-0.1, -0.05) is 6.07 Å². The van der Waals surface area contributed by atoms with E-state index in [1.165, 1.54) is 10.7 Å². The molecule has 0 bridgehead atoms. The van der Waals surface area contributed by atoms with Crippen LogP contribution < -0.4 is 5.32 Å². The maximum atomic E-state index is 13.1. The summed E-state index contributed by atoms with van der Waals surface area (Å²) in [5.74, 6) is 1.08. The SMILES string of the molecule is CNCc1ccc(-n2nc(C)nc2C)cc1C(F)(F)F. The Morgan fingerprint density at radius 2 is 1.95 bits per heavy atom. The molecular formula is C13H15F3N4. The van der Waals surface area contributed by atoms with E-state index < -0.39 is 11.7 Å². The molecule has 0 atom stereocenters. The number of hydrogen-bond acceptors (Lipinski definition) is 3. The zero-order chi connectivity index (χ0) is 14.9. The summed E-state index contributed by atoms with van der Waals surface area (Å²) in [6, 6.07) is 4.18. The topological polar surface area (TPSA) is 42.7 Å². The third kappa shape index (κ3) is 2.82. The van der Waals surface area contributed by atoms with E-state index in [9.17, 15) is 13.2 Å². The molecule has 2 aromatic rings. The zero-order valence-corrected chi connectivity index (χ0v) is 11.4. The highest BCUT2D eigenvalue weighted by Crippen LogP contribution is 2.33. The number of rotatable bonds is 3. The number of halogens is 3. The standard InChI is InChI=1S/C13H15F3N4/c1-8-18-9(2)20(19-8)11-5-4-10(7-17-3)12(6-11)13(14,15)16/h4-6,17H,7H2,1-3H3. The maximum Gasteiger partial charge on any atom is 0.416 e. The van der Waals surface area contributed by atoms with Crippen LogP contribution in [0, 0.1) is 13.8 Å². The van der Waals surface area contributed by atoms with E-state index in [4.69, 9.17) is 0 Å². The van der Waals surface area contributed by atoms with Crippen molar-refractivity contribution >= 4 is 0 Å². The van der Waals surface area contributed by atoms with E-state index in [0.717, 1.165) is 6.07 Å². The van der Waals surface area contributed by atoms with Crippen LogP contribution in [0.1, 0.15) is 22.8 Å². The average Bonchev–Trinajstić information content (AvgIpc) is 2.68. The van der Waals surface area contributed by atoms with Gasteiger partial charge in [-0.15, -0.1) is 0 Å². The first kappa shape index (κ1) is 14.5. The monoisotopic (exact) mass is 284 g/mol. The van der Waals surface area contributed by atoms with Crippen LogP contribution in [0.4, 0.5) is 13.2 Å². The van der Waals surface area contributed by atoms with Crippen LogP contribution in [0.5, 0.6) is 0 Å². The summed E-state index contributed by atoms with van der Waals surface area (Å²) >= 11 is 0. The Labute approximate surface area is 114 Å². The molecule has 0 aliphatic heterocycles. The van der Waals surface area contributed by atoms with E-state index in [-0.39, 0.29) is 12.1 Å². The van der Waals surface area contributed by atoms with Gasteiger partial charge in [0.2, 0.25) is 0 Å². The van der Waals surface area contributed by atoms with E-state index in [1.807, 2.05) is 0 Å². The summed E-state index contributed by atoms with van der Waals surface area (Å²) in [6.45, 7) is 3.56. The molecule has 4 nitrogen and oxygen atoms in total. The molecule has 0 saturated heterocycles. The Bertz CT molecular complexity index is 617. The molecule has 7 heteroatoms. The fraction of sp³-hybridized carbons (Fsp3) is 0.385. The first-order valence-corrected chi connectivity index (χ1v) is 6.08. The summed E-state index contributed by atoms with van der Waals surface area (Å²) < 4.78 is 40.7. The lowest BCUT2D eigenvalue weighted by Crippen LogP contribution is -2.15. The lowest BCUT2D eigenvalue weighted by atomic mass is 10.1. The van der Waals surface area contributed by atoms with Crippen molar-refractivity contribution < 1.29 is 13.2 Å². The Morgan fingerprint density at radius 1 is 1.25 bits per heavy atom. The number of nitrogens with zero attached hydrogens (tertiary/aromatic N) is 3. The van der Waals surface area contributed by atoms with Crippen LogP contribution in [-0.2, 0) is 12.7 Å². The largest absolute Gasteiger partial charge is 0.416 e. The highest BCUT2D eigenvalue weighted by atomic mass is 19.4. The van der Waals surface area contributed by atoms with Crippen molar-refractivity contribution in [3.8, 4) is 5.69 Å². The normalized spacial score (nSPS) is 11.9. The molecule has 0 aliphatic rings. The highest BCUT2D eigenvalue weighted by Gasteiger charge is 2.33. The molecule has 108 valence electrons. The lowest BCUT2D eigenvalue weighted by molar-refractivity contribution is -0.138. The van der Waals surface area contributed by atoms with Crippen molar-refractivity contribution in [2.24, 2.45) is 0 Å². The van der Waals surface area contributed by atoms with Crippen molar-refractivity contribution in [2.75, 3.05) is 7.05 Å². The molecule has 1 N–H and O–H groups in total. The quantitative estimate of drug-likeness (QED) is 0.942. The van der Waals surface area contributed by atoms with Gasteiger partial charge in [-0.25, -0.2) is 9.67 Å². The van der Waals surface area contributed by atoms with Gasteiger partial charge in [0.1, 0.15) is 11.6 Å². The van der Waals surface area contributed by atoms with Gasteiger partial charge in [-0.05, 0) is 38.6 Å². The van der Waals surface area contributed by atoms with Gasteiger partial charge in [0, 0.05) is 6.54 Å². The zero-order valence-electron chi connectivity index (χ0n) is 11.4. The number of hydrogen-bond donors (Lipinski definition) is 1. The molecule has 0 radical (unpaired) electrons. The number of nitrogens with one attached hydrogen (secondary N) is 1. The molecule has 1 heterocycles. The predicted molar refractivity (Wildman–Crippen MR) is 68.6 cm³/mol. The molecule has 0 aliphatic carbocycles. The van der Waals surface area contributed by atoms with Gasteiger partial charge in [0.25, 0.3) is 0 Å². The number of aryl methyl sites for hydroxylation is 2. The Balaban J connectivity index is 2.55. The molecule has 0 spiro atoms. The molecule has 0 amide bonds. The minimum atomic E-state index is -4.40. The van der Waals surface area contributed by atoms with Crippen molar-refractivity contribution in [3.63, 3.8) is 0 Å². The van der Waals surface area contributed by atoms with E-state index in [2.05, 4.69) is 15.4 Å². The average molecular weight is 284 g/mol. The maximum absolute atomic E-state index is 13.1. The summed E-state index contributed by atoms with van der Waals surface area (Å²) in [6.07, 6.45) is -4.40. The summed E-state index contributed by atoms with van der Waals surface area (Å²) in [5.41, 5.74) is -0.0922. The summed E-state index contributed by atoms with van der Waals surface area (Å²) in [4.78, 5) is 4.10. The molecule has 2 rings (SSSR count). The smallest absolute Gasteiger partial charge is 0.316 e. The predicted octanol–water partition coefficient (Wildman–Crippen LogP) is 2.62. The second kappa shape index (κ2) is 5.24. The second-order valence-corrected chi connectivity index (χ2v) is 4.49. The molecule has 1 aromatic heterocycles. The number of aromatic nitrogens is 3. The Hall–Kier alpha value is -1.89. The van der Waals surface area contributed by atoms with Crippen LogP contribution in [0.3, 0.4) is 0 Å². The van der Waals surface area contributed by atoms with Crippen LogP contribution in [0.2, 0.25) is 0 Å². The van der Waals surface area contributed by atoms with Gasteiger partial charge in [-0.2, -0.15) is 18.3 Å². The van der Waals surface area contributed by atoms with Gasteiger partial charge < -0.3 is 5.32 Å². The molecule has 0 unspecified atom stereocenters. The Kier molecular flexibility index (Phi) is 3.80. The van der Waals surface area contributed by atoms with Crippen LogP contribution in [0.15, 0.2) is 18.2 Å². The fourth-order valence-electron chi connectivity index (χ4n) is 2.07. The van der Waals surface area contributed by atoms with Gasteiger partial charge in [-0.3, -0.25) is 0 Å². The third-order valence-electron chi connectivity index (χ3n) is 2.89. The van der Waals surface area contributed by atoms with Gasteiger partial charge in [0.05, 0.1) is 11.3 Å². The van der Waals surface area contributed by atoms with Crippen molar-refractivity contribution in [1.82, 2.24) is 20.1 Å². The lowest BCUT2D eigenvalue weighted by Gasteiger charge is -2.14. The third-order valence-corrected chi connectivity index (χ3v) is 2.89. The molecule has 0 saturated carbocycles. The van der Waals surface area contributed by atoms with Gasteiger partial charge >= 0.3 is 6.18 Å². The van der Waals surface area contributed by atoms with E-state index in [0.29, 0.717) is 17.3 Å². The van der Waals surface area contributed by atoms with E-state index >= 15 is 0 Å². The second-order valence-electron chi connectivity index (χ2n) is 4.49. The summed E-state index contributed by atoms with van der Waals surface area (Å²) in [5, 5.41) is 6.84. The van der Waals surface area contributed by atoms with Gasteiger partial charge in [0.15, 0.2) is 0 Å². The summed E-state index contributed by atoms with van der Waals surface area (Å²) in [7, 11) is 1.61. The fourth-order valence-corrected chi connectivity index (χ4v) is 2.07. The minimum absolute atomic E-state index is 0.157. The van der Waals surface area contributed by atoms with Crippen molar-refractivity contribution in [1.29, 1.82) is 0 Å². The van der Waals surface area contributed by atoms with Crippen LogP contribution >= 0.6 is 0 Å². The highest BCUT2D eigenvalue weighted by molar-refractivity contribution is 5.42. The van der Waals surface area contributed by atoms with Crippen LogP contribution in [0.25, 0.3) is 5.69 Å². The molecule has 20 heavy (non-hydrogen) atoms. The van der Waals surface area contributed by atoms with E-state index in [1.54, 1.807) is 27.0 Å². The molecule has 1 aromatic carbocycles. The molecule has 0 fully saturated rings. The van der Waals surface area contributed by atoms with Crippen molar-refractivity contribution in [3.05, 3.63) is 41.0 Å². The first-order chi connectivity index (χ1) is 9.32. The number of benzene rings is 1. The molecular weight excluding hydrogens is 269 g/mol. The first-order valence-electron chi connectivity index (χ1n) is 6.08.